The van der Waals surface area contributed by atoms with Gasteiger partial charge in [0.2, 0.25) is 5.91 Å². The van der Waals surface area contributed by atoms with E-state index in [2.05, 4.69) is 10.3 Å². The van der Waals surface area contributed by atoms with Crippen molar-refractivity contribution in [3.05, 3.63) is 24.0 Å². The summed E-state index contributed by atoms with van der Waals surface area (Å²) in [7, 11) is 1.65. The van der Waals surface area contributed by atoms with E-state index in [0.717, 1.165) is 13.0 Å². The summed E-state index contributed by atoms with van der Waals surface area (Å²) >= 11 is 0. The van der Waals surface area contributed by atoms with Gasteiger partial charge in [0.25, 0.3) is 0 Å². The Labute approximate surface area is 107 Å². The first-order chi connectivity index (χ1) is 8.55. The van der Waals surface area contributed by atoms with Gasteiger partial charge in [0.1, 0.15) is 0 Å². The lowest BCUT2D eigenvalue weighted by molar-refractivity contribution is -0.129. The molecular formula is C13H19N3O2. The molecule has 98 valence electrons. The highest BCUT2D eigenvalue weighted by Crippen LogP contribution is 2.29. The fraction of sp³-hybridized carbons (Fsp3) is 0.538. The molecule has 0 spiro atoms. The van der Waals surface area contributed by atoms with E-state index in [0.29, 0.717) is 18.8 Å². The Morgan fingerprint density at radius 1 is 1.56 bits per heavy atom. The van der Waals surface area contributed by atoms with Crippen LogP contribution < -0.4 is 5.32 Å². The van der Waals surface area contributed by atoms with Crippen molar-refractivity contribution in [3.8, 4) is 0 Å². The van der Waals surface area contributed by atoms with Crippen LogP contribution >= 0.6 is 0 Å². The van der Waals surface area contributed by atoms with Crippen LogP contribution in [0.1, 0.15) is 23.8 Å². The van der Waals surface area contributed by atoms with Gasteiger partial charge in [-0.1, -0.05) is 0 Å². The number of H-pyrrole nitrogens is 1. The molecule has 2 heterocycles. The first-order valence-electron chi connectivity index (χ1n) is 6.16. The number of nitrogens with one attached hydrogen (secondary N) is 2. The third-order valence-electron chi connectivity index (χ3n) is 3.59. The van der Waals surface area contributed by atoms with Gasteiger partial charge in [0.15, 0.2) is 5.78 Å². The molecule has 5 nitrogen and oxygen atoms in total. The number of carbonyl (C=O) groups excluding carboxylic acids is 2. The molecule has 1 fully saturated rings. The van der Waals surface area contributed by atoms with Gasteiger partial charge in [0, 0.05) is 19.8 Å². The van der Waals surface area contributed by atoms with Crippen LogP contribution in [0.25, 0.3) is 0 Å². The fourth-order valence-corrected chi connectivity index (χ4v) is 2.47. The second-order valence-electron chi connectivity index (χ2n) is 5.11. The molecule has 0 saturated carbocycles. The van der Waals surface area contributed by atoms with Crippen molar-refractivity contribution in [3.63, 3.8) is 0 Å². The molecule has 1 unspecified atom stereocenters. The Hall–Kier alpha value is -1.62. The Morgan fingerprint density at radius 2 is 2.33 bits per heavy atom. The first-order valence-corrected chi connectivity index (χ1v) is 6.16. The molecule has 5 heteroatoms. The van der Waals surface area contributed by atoms with Gasteiger partial charge < -0.3 is 10.3 Å². The van der Waals surface area contributed by atoms with E-state index < -0.39 is 0 Å². The van der Waals surface area contributed by atoms with Crippen LogP contribution in [0.2, 0.25) is 0 Å². The molecule has 1 aliphatic rings. The van der Waals surface area contributed by atoms with Crippen molar-refractivity contribution in [1.29, 1.82) is 0 Å². The van der Waals surface area contributed by atoms with E-state index in [1.54, 1.807) is 19.3 Å². The minimum Gasteiger partial charge on any atom is -0.359 e. The van der Waals surface area contributed by atoms with Gasteiger partial charge >= 0.3 is 0 Å². The van der Waals surface area contributed by atoms with E-state index in [9.17, 15) is 9.59 Å². The molecular weight excluding hydrogens is 230 g/mol. The number of Topliss-reactive ketones (excluding diaryl/α,β-unsaturated/α-hetero) is 1. The monoisotopic (exact) mass is 249 g/mol. The summed E-state index contributed by atoms with van der Waals surface area (Å²) in [4.78, 5) is 28.7. The van der Waals surface area contributed by atoms with Crippen molar-refractivity contribution in [2.75, 3.05) is 26.7 Å². The van der Waals surface area contributed by atoms with Crippen molar-refractivity contribution in [2.24, 2.45) is 5.41 Å². The lowest BCUT2D eigenvalue weighted by Crippen LogP contribution is -2.40. The lowest BCUT2D eigenvalue weighted by atomic mass is 9.89. The molecule has 1 aliphatic heterocycles. The fourth-order valence-electron chi connectivity index (χ4n) is 2.47. The van der Waals surface area contributed by atoms with E-state index >= 15 is 0 Å². The highest BCUT2D eigenvalue weighted by molar-refractivity contribution is 5.96. The number of hydrogen-bond donors (Lipinski definition) is 2. The van der Waals surface area contributed by atoms with Crippen molar-refractivity contribution in [1.82, 2.24) is 15.2 Å². The second kappa shape index (κ2) is 4.94. The van der Waals surface area contributed by atoms with Crippen molar-refractivity contribution >= 4 is 11.7 Å². The van der Waals surface area contributed by atoms with Crippen LogP contribution in [0.3, 0.4) is 0 Å². The number of hydrogen-bond acceptors (Lipinski definition) is 3. The van der Waals surface area contributed by atoms with Crippen LogP contribution in [-0.4, -0.2) is 48.3 Å². The molecule has 0 aliphatic carbocycles. The summed E-state index contributed by atoms with van der Waals surface area (Å²) in [6.07, 6.45) is 2.54. The molecule has 2 rings (SSSR count). The van der Waals surface area contributed by atoms with Crippen LogP contribution in [0.5, 0.6) is 0 Å². The van der Waals surface area contributed by atoms with E-state index in [1.807, 2.05) is 17.9 Å². The van der Waals surface area contributed by atoms with Gasteiger partial charge in [-0.15, -0.1) is 0 Å². The van der Waals surface area contributed by atoms with Gasteiger partial charge in [-0.3, -0.25) is 14.5 Å². The van der Waals surface area contributed by atoms with Gasteiger partial charge in [0.05, 0.1) is 17.7 Å². The number of nitrogens with zero attached hydrogens (tertiary/aromatic N) is 1. The molecule has 0 radical (unpaired) electrons. The molecule has 0 bridgehead atoms. The number of amides is 1. The third-order valence-corrected chi connectivity index (χ3v) is 3.59. The smallest absolute Gasteiger partial charge is 0.227 e. The van der Waals surface area contributed by atoms with Gasteiger partial charge in [-0.05, 0) is 32.0 Å². The molecule has 1 saturated heterocycles. The van der Waals surface area contributed by atoms with Gasteiger partial charge in [-0.2, -0.15) is 0 Å². The Morgan fingerprint density at radius 3 is 2.94 bits per heavy atom. The number of aromatic nitrogens is 1. The molecule has 1 atom stereocenters. The average molecular weight is 249 g/mol. The SMILES string of the molecule is CNC(=O)C1(C)CCN(CC(=O)c2ccc[nH]2)C1. The maximum Gasteiger partial charge on any atom is 0.227 e. The summed E-state index contributed by atoms with van der Waals surface area (Å²) in [6, 6.07) is 3.59. The number of rotatable bonds is 4. The van der Waals surface area contributed by atoms with Gasteiger partial charge in [-0.25, -0.2) is 0 Å². The lowest BCUT2D eigenvalue weighted by Gasteiger charge is -2.22. The predicted octanol–water partition coefficient (Wildman–Crippen LogP) is 0.655. The summed E-state index contributed by atoms with van der Waals surface area (Å²) in [5.74, 6) is 0.124. The topological polar surface area (TPSA) is 65.2 Å². The van der Waals surface area contributed by atoms with E-state index in [4.69, 9.17) is 0 Å². The molecule has 1 aromatic heterocycles. The van der Waals surface area contributed by atoms with E-state index in [-0.39, 0.29) is 17.1 Å². The second-order valence-corrected chi connectivity index (χ2v) is 5.11. The molecule has 1 amide bonds. The summed E-state index contributed by atoms with van der Waals surface area (Å²) in [6.45, 7) is 3.74. The van der Waals surface area contributed by atoms with Crippen LogP contribution in [0.4, 0.5) is 0 Å². The highest BCUT2D eigenvalue weighted by atomic mass is 16.2. The maximum absolute atomic E-state index is 11.9. The average Bonchev–Trinajstić information content (AvgIpc) is 2.98. The van der Waals surface area contributed by atoms with Crippen molar-refractivity contribution in [2.45, 2.75) is 13.3 Å². The van der Waals surface area contributed by atoms with E-state index in [1.165, 1.54) is 0 Å². The zero-order chi connectivity index (χ0) is 13.2. The van der Waals surface area contributed by atoms with Crippen LogP contribution in [0, 0.1) is 5.41 Å². The minimum atomic E-state index is -0.370. The quantitative estimate of drug-likeness (QED) is 0.770. The largest absolute Gasteiger partial charge is 0.359 e. The Kier molecular flexibility index (Phi) is 3.52. The predicted molar refractivity (Wildman–Crippen MR) is 68.4 cm³/mol. The maximum atomic E-state index is 11.9. The molecule has 0 aromatic carbocycles. The van der Waals surface area contributed by atoms with Crippen LogP contribution in [0.15, 0.2) is 18.3 Å². The molecule has 18 heavy (non-hydrogen) atoms. The molecule has 1 aromatic rings. The zero-order valence-corrected chi connectivity index (χ0v) is 10.8. The third kappa shape index (κ3) is 2.46. The summed E-state index contributed by atoms with van der Waals surface area (Å²) in [5, 5.41) is 2.69. The molecule has 2 N–H and O–H groups in total. The normalized spacial score (nSPS) is 24.1. The minimum absolute atomic E-state index is 0.0531. The number of ketones is 1. The first kappa shape index (κ1) is 12.8. The number of likely N-dealkylation sites (tertiary alicyclic amines) is 1. The standard InChI is InChI=1S/C13H19N3O2/c1-13(12(18)14-2)5-7-16(9-13)8-11(17)10-4-3-6-15-10/h3-4,6,15H,5,7-9H2,1-2H3,(H,14,18). The zero-order valence-electron chi connectivity index (χ0n) is 10.8. The number of carbonyl (C=O) groups is 2. The van der Waals surface area contributed by atoms with Crippen LogP contribution in [-0.2, 0) is 4.79 Å². The summed E-state index contributed by atoms with van der Waals surface area (Å²) in [5.41, 5.74) is 0.258. The Bertz CT molecular complexity index is 441. The Balaban J connectivity index is 1.94. The highest BCUT2D eigenvalue weighted by Gasteiger charge is 2.40. The summed E-state index contributed by atoms with van der Waals surface area (Å²) < 4.78 is 0. The number of aromatic amines is 1. The van der Waals surface area contributed by atoms with Crippen molar-refractivity contribution < 1.29 is 9.59 Å².